The Hall–Kier alpha value is -2.15. The van der Waals surface area contributed by atoms with Crippen LogP contribution in [0.3, 0.4) is 0 Å². The van der Waals surface area contributed by atoms with Crippen molar-refractivity contribution in [2.24, 2.45) is 0 Å². The molecule has 2 aromatic carbocycles. The van der Waals surface area contributed by atoms with Crippen LogP contribution < -0.4 is 0 Å². The van der Waals surface area contributed by atoms with Crippen molar-refractivity contribution in [3.8, 4) is 0 Å². The molecular weight excluding hydrogens is 412 g/mol. The number of esters is 1. The lowest BCUT2D eigenvalue weighted by Gasteiger charge is -2.22. The minimum Gasteiger partial charge on any atom is -0.462 e. The number of fused-ring (bicyclic) bond motifs is 2. The lowest BCUT2D eigenvalue weighted by molar-refractivity contribution is -0.172. The highest BCUT2D eigenvalue weighted by Gasteiger charge is 2.44. The first kappa shape index (κ1) is 20.7. The quantitative estimate of drug-likeness (QED) is 0.636. The van der Waals surface area contributed by atoms with E-state index in [9.17, 15) is 9.59 Å². The summed E-state index contributed by atoms with van der Waals surface area (Å²) >= 11 is 1.63. The number of benzene rings is 2. The van der Waals surface area contributed by atoms with Crippen molar-refractivity contribution in [3.05, 3.63) is 64.7 Å². The van der Waals surface area contributed by atoms with Crippen LogP contribution in [-0.2, 0) is 24.8 Å². The van der Waals surface area contributed by atoms with E-state index in [0.717, 1.165) is 53.0 Å². The molecule has 0 radical (unpaired) electrons. The third-order valence-corrected chi connectivity index (χ3v) is 7.54. The van der Waals surface area contributed by atoms with Crippen LogP contribution in [0.5, 0.6) is 0 Å². The highest BCUT2D eigenvalue weighted by molar-refractivity contribution is 7.98. The van der Waals surface area contributed by atoms with Gasteiger partial charge in [-0.15, -0.1) is 11.8 Å². The van der Waals surface area contributed by atoms with E-state index in [4.69, 9.17) is 14.2 Å². The van der Waals surface area contributed by atoms with Gasteiger partial charge in [-0.05, 0) is 43.0 Å². The Balaban J connectivity index is 1.24. The highest BCUT2D eigenvalue weighted by Crippen LogP contribution is 2.39. The number of ketones is 1. The summed E-state index contributed by atoms with van der Waals surface area (Å²) in [7, 11) is 0. The van der Waals surface area contributed by atoms with Crippen molar-refractivity contribution in [1.29, 1.82) is 0 Å². The third-order valence-electron chi connectivity index (χ3n) is 6.44. The zero-order chi connectivity index (χ0) is 21.4. The predicted octanol–water partition coefficient (Wildman–Crippen LogP) is 4.86. The second kappa shape index (κ2) is 8.41. The minimum atomic E-state index is -0.443. The summed E-state index contributed by atoms with van der Waals surface area (Å²) in [6, 6.07) is 13.4. The van der Waals surface area contributed by atoms with Crippen LogP contribution in [0.1, 0.15) is 65.6 Å². The fourth-order valence-electron chi connectivity index (χ4n) is 4.59. The number of rotatable bonds is 4. The summed E-state index contributed by atoms with van der Waals surface area (Å²) in [6.07, 6.45) is 3.88. The molecule has 2 atom stereocenters. The van der Waals surface area contributed by atoms with Crippen LogP contribution in [0.4, 0.5) is 0 Å². The van der Waals surface area contributed by atoms with Gasteiger partial charge in [0.1, 0.15) is 12.7 Å². The zero-order valence-corrected chi connectivity index (χ0v) is 18.4. The van der Waals surface area contributed by atoms with E-state index in [1.54, 1.807) is 11.8 Å². The normalized spacial score (nSPS) is 22.6. The van der Waals surface area contributed by atoms with Gasteiger partial charge in [0, 0.05) is 34.6 Å². The van der Waals surface area contributed by atoms with Gasteiger partial charge in [0.2, 0.25) is 0 Å². The molecule has 162 valence electrons. The van der Waals surface area contributed by atoms with Gasteiger partial charge in [0.15, 0.2) is 11.6 Å². The van der Waals surface area contributed by atoms with Crippen molar-refractivity contribution >= 4 is 23.5 Å². The summed E-state index contributed by atoms with van der Waals surface area (Å²) < 4.78 is 17.5. The number of ether oxygens (including phenoxy) is 3. The standard InChI is InChI=1S/C25H26O5S/c1-16(24(27)28-13-19-14-29-25(30-19)10-4-5-11-25)17-8-9-21-22(12-17)31-15-18-6-2-3-7-20(18)23(21)26/h2-3,6-9,12,16,19H,4-5,10-11,13-15H2,1H3. The van der Waals surface area contributed by atoms with E-state index in [0.29, 0.717) is 12.2 Å². The fourth-order valence-corrected chi connectivity index (χ4v) is 5.69. The number of carbonyl (C=O) groups is 2. The molecule has 0 bridgehead atoms. The topological polar surface area (TPSA) is 61.8 Å². The molecule has 5 nitrogen and oxygen atoms in total. The van der Waals surface area contributed by atoms with Crippen LogP contribution in [0.25, 0.3) is 0 Å². The molecule has 31 heavy (non-hydrogen) atoms. The lowest BCUT2D eigenvalue weighted by Crippen LogP contribution is -2.29. The van der Waals surface area contributed by atoms with Crippen molar-refractivity contribution in [2.45, 2.75) is 61.1 Å². The predicted molar refractivity (Wildman–Crippen MR) is 117 cm³/mol. The first-order valence-electron chi connectivity index (χ1n) is 10.9. The Morgan fingerprint density at radius 2 is 2.00 bits per heavy atom. The Kier molecular flexibility index (Phi) is 5.63. The Bertz CT molecular complexity index is 1010. The average molecular weight is 439 g/mol. The molecule has 0 amide bonds. The van der Waals surface area contributed by atoms with Gasteiger partial charge >= 0.3 is 5.97 Å². The number of hydrogen-bond acceptors (Lipinski definition) is 6. The first-order chi connectivity index (χ1) is 15.0. The Morgan fingerprint density at radius 1 is 1.19 bits per heavy atom. The molecule has 0 aromatic heterocycles. The molecule has 3 aliphatic rings. The first-order valence-corrected chi connectivity index (χ1v) is 11.9. The zero-order valence-electron chi connectivity index (χ0n) is 17.6. The summed E-state index contributed by atoms with van der Waals surface area (Å²) in [5.41, 5.74) is 3.35. The van der Waals surface area contributed by atoms with Gasteiger partial charge in [-0.1, -0.05) is 30.3 Å². The number of carbonyl (C=O) groups excluding carboxylic acids is 2. The van der Waals surface area contributed by atoms with E-state index in [1.165, 1.54) is 0 Å². The van der Waals surface area contributed by atoms with E-state index < -0.39 is 11.7 Å². The number of hydrogen-bond donors (Lipinski definition) is 0. The van der Waals surface area contributed by atoms with Crippen LogP contribution >= 0.6 is 11.8 Å². The van der Waals surface area contributed by atoms with Gasteiger partial charge in [0.25, 0.3) is 0 Å². The maximum absolute atomic E-state index is 13.0. The fraction of sp³-hybridized carbons (Fsp3) is 0.440. The summed E-state index contributed by atoms with van der Waals surface area (Å²) in [5, 5.41) is 0. The molecule has 1 saturated carbocycles. The molecule has 6 heteroatoms. The molecule has 1 saturated heterocycles. The maximum Gasteiger partial charge on any atom is 0.313 e. The second-order valence-electron chi connectivity index (χ2n) is 8.55. The SMILES string of the molecule is CC(C(=O)OCC1COC2(CCCC2)O1)c1ccc2c(c1)SCc1ccccc1C2=O. The Labute approximate surface area is 186 Å². The summed E-state index contributed by atoms with van der Waals surface area (Å²) in [5.74, 6) is -0.380. The molecule has 1 spiro atoms. The lowest BCUT2D eigenvalue weighted by atomic mass is 9.95. The highest BCUT2D eigenvalue weighted by atomic mass is 32.2. The Morgan fingerprint density at radius 3 is 2.84 bits per heavy atom. The van der Waals surface area contributed by atoms with E-state index in [1.807, 2.05) is 49.4 Å². The third kappa shape index (κ3) is 4.04. The van der Waals surface area contributed by atoms with E-state index in [2.05, 4.69) is 0 Å². The van der Waals surface area contributed by atoms with Crippen LogP contribution in [0.15, 0.2) is 47.4 Å². The van der Waals surface area contributed by atoms with Crippen LogP contribution in [-0.4, -0.2) is 36.9 Å². The molecule has 2 aromatic rings. The second-order valence-corrected chi connectivity index (χ2v) is 9.57. The number of thioether (sulfide) groups is 1. The monoisotopic (exact) mass is 438 g/mol. The van der Waals surface area contributed by atoms with Crippen molar-refractivity contribution in [3.63, 3.8) is 0 Å². The van der Waals surface area contributed by atoms with Crippen molar-refractivity contribution in [2.75, 3.05) is 13.2 Å². The van der Waals surface area contributed by atoms with E-state index in [-0.39, 0.29) is 24.5 Å². The molecular formula is C25H26O5S. The largest absolute Gasteiger partial charge is 0.462 e. The van der Waals surface area contributed by atoms with Gasteiger partial charge in [-0.25, -0.2) is 0 Å². The molecule has 2 heterocycles. The van der Waals surface area contributed by atoms with Crippen LogP contribution in [0, 0.1) is 0 Å². The molecule has 2 unspecified atom stereocenters. The average Bonchev–Trinajstić information content (AvgIpc) is 3.41. The molecule has 2 fully saturated rings. The van der Waals surface area contributed by atoms with Crippen molar-refractivity contribution < 1.29 is 23.8 Å². The molecule has 1 aliphatic carbocycles. The van der Waals surface area contributed by atoms with Gasteiger partial charge < -0.3 is 14.2 Å². The minimum absolute atomic E-state index is 0.0385. The smallest absolute Gasteiger partial charge is 0.313 e. The molecule has 0 N–H and O–H groups in total. The van der Waals surface area contributed by atoms with Crippen LogP contribution in [0.2, 0.25) is 0 Å². The van der Waals surface area contributed by atoms with Crippen molar-refractivity contribution in [1.82, 2.24) is 0 Å². The van der Waals surface area contributed by atoms with E-state index >= 15 is 0 Å². The van der Waals surface area contributed by atoms with Gasteiger partial charge in [-0.2, -0.15) is 0 Å². The summed E-state index contributed by atoms with van der Waals surface area (Å²) in [4.78, 5) is 26.6. The summed E-state index contributed by atoms with van der Waals surface area (Å²) in [6.45, 7) is 2.52. The molecule has 2 aliphatic heterocycles. The molecule has 5 rings (SSSR count). The maximum atomic E-state index is 13.0. The van der Waals surface area contributed by atoms with Gasteiger partial charge in [0.05, 0.1) is 12.5 Å². The van der Waals surface area contributed by atoms with Gasteiger partial charge in [-0.3, -0.25) is 9.59 Å².